The van der Waals surface area contributed by atoms with Crippen molar-refractivity contribution in [1.29, 1.82) is 0 Å². The Morgan fingerprint density at radius 1 is 1.44 bits per heavy atom. The summed E-state index contributed by atoms with van der Waals surface area (Å²) in [7, 11) is 3.74. The van der Waals surface area contributed by atoms with Crippen molar-refractivity contribution in [3.8, 4) is 0 Å². The molecule has 4 nitrogen and oxygen atoms in total. The molecule has 2 N–H and O–H groups in total. The lowest BCUT2D eigenvalue weighted by molar-refractivity contribution is 0.0962. The first kappa shape index (κ1) is 13.0. The van der Waals surface area contributed by atoms with Gasteiger partial charge in [0.25, 0.3) is 0 Å². The summed E-state index contributed by atoms with van der Waals surface area (Å²) in [5, 5.41) is 0.924. The number of aromatic nitrogens is 1. The van der Waals surface area contributed by atoms with E-state index in [1.807, 2.05) is 38.9 Å². The number of anilines is 1. The van der Waals surface area contributed by atoms with Gasteiger partial charge in [-0.3, -0.25) is 4.79 Å². The fourth-order valence-corrected chi connectivity index (χ4v) is 3.18. The van der Waals surface area contributed by atoms with Gasteiger partial charge in [-0.05, 0) is 39.6 Å². The number of rotatable bonds is 3. The molecule has 0 saturated heterocycles. The van der Waals surface area contributed by atoms with Crippen molar-refractivity contribution in [2.45, 2.75) is 13.8 Å². The third-order valence-corrected chi connectivity index (χ3v) is 3.88. The van der Waals surface area contributed by atoms with Crippen molar-refractivity contribution in [3.05, 3.63) is 22.2 Å². The zero-order valence-corrected chi connectivity index (χ0v) is 11.9. The van der Waals surface area contributed by atoms with Gasteiger partial charge >= 0.3 is 0 Å². The van der Waals surface area contributed by atoms with Gasteiger partial charge in [-0.25, -0.2) is 4.98 Å². The summed E-state index contributed by atoms with van der Waals surface area (Å²) in [6.45, 7) is 4.32. The molecule has 2 aromatic heterocycles. The van der Waals surface area contributed by atoms with E-state index in [1.54, 1.807) is 0 Å². The molecule has 0 atom stereocenters. The quantitative estimate of drug-likeness (QED) is 0.863. The van der Waals surface area contributed by atoms with Crippen molar-refractivity contribution < 1.29 is 4.79 Å². The first-order valence-corrected chi connectivity index (χ1v) is 6.56. The van der Waals surface area contributed by atoms with E-state index in [2.05, 4.69) is 4.98 Å². The molecule has 0 aliphatic carbocycles. The van der Waals surface area contributed by atoms with E-state index in [0.29, 0.717) is 17.1 Å². The van der Waals surface area contributed by atoms with Crippen LogP contribution >= 0.6 is 11.3 Å². The second-order valence-electron chi connectivity index (χ2n) is 4.77. The van der Waals surface area contributed by atoms with Gasteiger partial charge in [0, 0.05) is 11.1 Å². The lowest BCUT2D eigenvalue weighted by Gasteiger charge is -2.07. The third-order valence-electron chi connectivity index (χ3n) is 2.74. The predicted molar refractivity (Wildman–Crippen MR) is 76.4 cm³/mol. The zero-order valence-electron chi connectivity index (χ0n) is 11.1. The molecule has 5 heteroatoms. The van der Waals surface area contributed by atoms with Gasteiger partial charge in [-0.1, -0.05) is 0 Å². The number of carbonyl (C=O) groups is 1. The largest absolute Gasteiger partial charge is 0.397 e. The number of likely N-dealkylation sites (N-methyl/N-ethyl adjacent to an activating group) is 1. The highest BCUT2D eigenvalue weighted by atomic mass is 32.1. The number of nitrogen functional groups attached to an aromatic ring is 1. The molecule has 0 aliphatic heterocycles. The number of Topliss-reactive ketones (excluding diaryl/α,β-unsaturated/α-hetero) is 1. The standard InChI is InChI=1S/C13H17N3OS/c1-7-5-8(2)15-13-10(7)11(14)12(18-13)9(17)6-16(3)4/h5H,6,14H2,1-4H3. The lowest BCUT2D eigenvalue weighted by Crippen LogP contribution is -2.21. The Hall–Kier alpha value is -1.46. The summed E-state index contributed by atoms with van der Waals surface area (Å²) in [6, 6.07) is 1.99. The van der Waals surface area contributed by atoms with Crippen LogP contribution in [0.2, 0.25) is 0 Å². The lowest BCUT2D eigenvalue weighted by atomic mass is 10.1. The fraction of sp³-hybridized carbons (Fsp3) is 0.385. The summed E-state index contributed by atoms with van der Waals surface area (Å²) in [4.78, 5) is 19.9. The molecule has 0 radical (unpaired) electrons. The highest BCUT2D eigenvalue weighted by Crippen LogP contribution is 2.35. The number of thiophene rings is 1. The molecular formula is C13H17N3OS. The first-order valence-electron chi connectivity index (χ1n) is 5.74. The molecule has 2 rings (SSSR count). The van der Waals surface area contributed by atoms with Crippen LogP contribution in [0.5, 0.6) is 0 Å². The minimum atomic E-state index is 0.0533. The third kappa shape index (κ3) is 2.23. The number of nitrogens with zero attached hydrogens (tertiary/aromatic N) is 2. The van der Waals surface area contributed by atoms with Crippen LogP contribution in [-0.4, -0.2) is 36.3 Å². The van der Waals surface area contributed by atoms with Gasteiger partial charge in [0.2, 0.25) is 0 Å². The molecule has 0 aliphatic rings. The second kappa shape index (κ2) is 4.66. The number of hydrogen-bond acceptors (Lipinski definition) is 5. The first-order chi connectivity index (χ1) is 8.40. The minimum Gasteiger partial charge on any atom is -0.397 e. The Bertz CT molecular complexity index is 616. The van der Waals surface area contributed by atoms with E-state index in [0.717, 1.165) is 21.5 Å². The van der Waals surface area contributed by atoms with Crippen molar-refractivity contribution in [2.24, 2.45) is 0 Å². The van der Waals surface area contributed by atoms with Crippen LogP contribution in [0.1, 0.15) is 20.9 Å². The Balaban J connectivity index is 2.57. The van der Waals surface area contributed by atoms with Crippen LogP contribution in [0, 0.1) is 13.8 Å². The van der Waals surface area contributed by atoms with E-state index < -0.39 is 0 Å². The maximum absolute atomic E-state index is 12.1. The monoisotopic (exact) mass is 263 g/mol. The average molecular weight is 263 g/mol. The number of fused-ring (bicyclic) bond motifs is 1. The van der Waals surface area contributed by atoms with E-state index in [1.165, 1.54) is 11.3 Å². The van der Waals surface area contributed by atoms with Gasteiger partial charge < -0.3 is 10.6 Å². The van der Waals surface area contributed by atoms with Crippen LogP contribution in [0.25, 0.3) is 10.2 Å². The number of aryl methyl sites for hydroxylation is 2. The van der Waals surface area contributed by atoms with Crippen LogP contribution in [0.15, 0.2) is 6.07 Å². The number of hydrogen-bond donors (Lipinski definition) is 1. The zero-order chi connectivity index (χ0) is 13.4. The number of carbonyl (C=O) groups excluding carboxylic acids is 1. The summed E-state index contributed by atoms with van der Waals surface area (Å²) in [6.07, 6.45) is 0. The van der Waals surface area contributed by atoms with Crippen molar-refractivity contribution in [3.63, 3.8) is 0 Å². The molecule has 18 heavy (non-hydrogen) atoms. The topological polar surface area (TPSA) is 59.2 Å². The number of nitrogens with two attached hydrogens (primary N) is 1. The molecule has 0 bridgehead atoms. The summed E-state index contributed by atoms with van der Waals surface area (Å²) in [5.74, 6) is 0.0533. The van der Waals surface area contributed by atoms with Gasteiger partial charge in [0.15, 0.2) is 5.78 Å². The maximum atomic E-state index is 12.1. The van der Waals surface area contributed by atoms with E-state index in [4.69, 9.17) is 5.73 Å². The molecule has 0 aromatic carbocycles. The van der Waals surface area contributed by atoms with Crippen LogP contribution < -0.4 is 5.73 Å². The molecular weight excluding hydrogens is 246 g/mol. The Labute approximate surface area is 110 Å². The van der Waals surface area contributed by atoms with Crippen LogP contribution in [-0.2, 0) is 0 Å². The minimum absolute atomic E-state index is 0.0533. The molecule has 0 saturated carbocycles. The van der Waals surface area contributed by atoms with Gasteiger partial charge in [0.05, 0.1) is 17.1 Å². The van der Waals surface area contributed by atoms with E-state index in [9.17, 15) is 4.79 Å². The smallest absolute Gasteiger partial charge is 0.188 e. The SMILES string of the molecule is Cc1cc(C)c2c(N)c(C(=O)CN(C)C)sc2n1. The number of ketones is 1. The molecule has 0 fully saturated rings. The molecule has 0 spiro atoms. The average Bonchev–Trinajstić information content (AvgIpc) is 2.54. The second-order valence-corrected chi connectivity index (χ2v) is 5.77. The van der Waals surface area contributed by atoms with Crippen LogP contribution in [0.3, 0.4) is 0 Å². The number of pyridine rings is 1. The molecule has 96 valence electrons. The Morgan fingerprint density at radius 2 is 2.11 bits per heavy atom. The summed E-state index contributed by atoms with van der Waals surface area (Å²) < 4.78 is 0. The molecule has 2 heterocycles. The summed E-state index contributed by atoms with van der Waals surface area (Å²) in [5.41, 5.74) is 8.70. The van der Waals surface area contributed by atoms with Gasteiger partial charge in [-0.15, -0.1) is 11.3 Å². The Kier molecular flexibility index (Phi) is 3.36. The predicted octanol–water partition coefficient (Wildman–Crippen LogP) is 2.24. The van der Waals surface area contributed by atoms with E-state index >= 15 is 0 Å². The highest BCUT2D eigenvalue weighted by Gasteiger charge is 2.19. The van der Waals surface area contributed by atoms with Crippen molar-refractivity contribution >= 4 is 33.0 Å². The van der Waals surface area contributed by atoms with Gasteiger partial charge in [-0.2, -0.15) is 0 Å². The maximum Gasteiger partial charge on any atom is 0.188 e. The van der Waals surface area contributed by atoms with Crippen LogP contribution in [0.4, 0.5) is 5.69 Å². The molecule has 0 unspecified atom stereocenters. The normalized spacial score (nSPS) is 11.4. The fourth-order valence-electron chi connectivity index (χ4n) is 2.04. The van der Waals surface area contributed by atoms with Crippen molar-refractivity contribution in [1.82, 2.24) is 9.88 Å². The summed E-state index contributed by atoms with van der Waals surface area (Å²) >= 11 is 1.39. The highest BCUT2D eigenvalue weighted by molar-refractivity contribution is 7.21. The van der Waals surface area contributed by atoms with Gasteiger partial charge in [0.1, 0.15) is 4.83 Å². The van der Waals surface area contributed by atoms with E-state index in [-0.39, 0.29) is 5.78 Å². The molecule has 0 amide bonds. The Morgan fingerprint density at radius 3 is 2.72 bits per heavy atom. The van der Waals surface area contributed by atoms with Crippen molar-refractivity contribution in [2.75, 3.05) is 26.4 Å². The molecule has 2 aromatic rings.